The molecule has 0 saturated heterocycles. The van der Waals surface area contributed by atoms with Gasteiger partial charge in [0, 0.05) is 17.6 Å². The number of aryl methyl sites for hydroxylation is 1. The highest BCUT2D eigenvalue weighted by atomic mass is 14.9. The molecule has 0 radical (unpaired) electrons. The van der Waals surface area contributed by atoms with E-state index in [0.29, 0.717) is 0 Å². The van der Waals surface area contributed by atoms with Crippen molar-refractivity contribution in [1.82, 2.24) is 4.98 Å². The zero-order valence-electron chi connectivity index (χ0n) is 10.7. The van der Waals surface area contributed by atoms with E-state index < -0.39 is 0 Å². The summed E-state index contributed by atoms with van der Waals surface area (Å²) in [5, 5.41) is 4.69. The maximum Gasteiger partial charge on any atom is 0.0936 e. The average Bonchev–Trinajstić information content (AvgIpc) is 2.35. The molecule has 0 spiro atoms. The Balaban J connectivity index is 2.18. The lowest BCUT2D eigenvalue weighted by Gasteiger charge is -2.09. The molecule has 0 atom stereocenters. The highest BCUT2D eigenvalue weighted by molar-refractivity contribution is 5.90. The summed E-state index contributed by atoms with van der Waals surface area (Å²) in [7, 11) is 0. The molecule has 0 aliphatic carbocycles. The van der Waals surface area contributed by atoms with E-state index in [4.69, 9.17) is 0 Å². The fourth-order valence-electron chi connectivity index (χ4n) is 1.99. The van der Waals surface area contributed by atoms with Gasteiger partial charge >= 0.3 is 0 Å². The quantitative estimate of drug-likeness (QED) is 0.778. The van der Waals surface area contributed by atoms with Crippen molar-refractivity contribution in [3.63, 3.8) is 0 Å². The standard InChI is InChI=1S/C15H20N2/c1-3-4-5-11-16-14-8-6-7-13-10-9-12(2)17-15(13)14/h6-10,16H,3-5,11H2,1-2H3. The summed E-state index contributed by atoms with van der Waals surface area (Å²) in [6.45, 7) is 5.29. The minimum Gasteiger partial charge on any atom is -0.383 e. The van der Waals surface area contributed by atoms with E-state index >= 15 is 0 Å². The molecule has 1 N–H and O–H groups in total. The molecule has 0 fully saturated rings. The van der Waals surface area contributed by atoms with Crippen molar-refractivity contribution in [2.75, 3.05) is 11.9 Å². The number of hydrogen-bond acceptors (Lipinski definition) is 2. The molecule has 17 heavy (non-hydrogen) atoms. The van der Waals surface area contributed by atoms with Crippen LogP contribution in [0.1, 0.15) is 31.9 Å². The number of pyridine rings is 1. The lowest BCUT2D eigenvalue weighted by atomic mass is 10.1. The van der Waals surface area contributed by atoms with Crippen LogP contribution in [0.25, 0.3) is 10.9 Å². The van der Waals surface area contributed by atoms with Crippen LogP contribution in [0.2, 0.25) is 0 Å². The molecule has 0 saturated carbocycles. The van der Waals surface area contributed by atoms with Gasteiger partial charge in [-0.25, -0.2) is 0 Å². The van der Waals surface area contributed by atoms with Crippen LogP contribution in [0.3, 0.4) is 0 Å². The maximum absolute atomic E-state index is 4.61. The van der Waals surface area contributed by atoms with Crippen molar-refractivity contribution >= 4 is 16.6 Å². The first-order valence-electron chi connectivity index (χ1n) is 6.41. The summed E-state index contributed by atoms with van der Waals surface area (Å²) in [5.41, 5.74) is 3.31. The summed E-state index contributed by atoms with van der Waals surface area (Å²) in [5.74, 6) is 0. The van der Waals surface area contributed by atoms with Gasteiger partial charge in [0.2, 0.25) is 0 Å². The van der Waals surface area contributed by atoms with Crippen LogP contribution >= 0.6 is 0 Å². The second kappa shape index (κ2) is 5.67. The van der Waals surface area contributed by atoms with Gasteiger partial charge < -0.3 is 5.32 Å². The van der Waals surface area contributed by atoms with Gasteiger partial charge in [-0.05, 0) is 25.5 Å². The van der Waals surface area contributed by atoms with Crippen LogP contribution in [0.5, 0.6) is 0 Å². The minimum absolute atomic E-state index is 1.03. The van der Waals surface area contributed by atoms with Crippen LogP contribution in [0.15, 0.2) is 30.3 Å². The molecule has 1 aromatic carbocycles. The number of rotatable bonds is 5. The highest BCUT2D eigenvalue weighted by Gasteiger charge is 2.01. The number of nitrogens with zero attached hydrogens (tertiary/aromatic N) is 1. The molecule has 0 aliphatic rings. The summed E-state index contributed by atoms with van der Waals surface area (Å²) in [4.78, 5) is 4.61. The summed E-state index contributed by atoms with van der Waals surface area (Å²) in [6, 6.07) is 10.5. The van der Waals surface area contributed by atoms with Crippen molar-refractivity contribution in [3.05, 3.63) is 36.0 Å². The lowest BCUT2D eigenvalue weighted by Crippen LogP contribution is -2.02. The third kappa shape index (κ3) is 2.96. The molecule has 0 aliphatic heterocycles. The maximum atomic E-state index is 4.61. The lowest BCUT2D eigenvalue weighted by molar-refractivity contribution is 0.744. The Morgan fingerprint density at radius 2 is 2.00 bits per heavy atom. The molecule has 0 amide bonds. The van der Waals surface area contributed by atoms with Gasteiger partial charge in [-0.15, -0.1) is 0 Å². The van der Waals surface area contributed by atoms with E-state index in [1.54, 1.807) is 0 Å². The number of hydrogen-bond donors (Lipinski definition) is 1. The zero-order chi connectivity index (χ0) is 12.1. The van der Waals surface area contributed by atoms with Gasteiger partial charge in [-0.1, -0.05) is 38.0 Å². The Hall–Kier alpha value is -1.57. The fraction of sp³-hybridized carbons (Fsp3) is 0.400. The van der Waals surface area contributed by atoms with Crippen molar-refractivity contribution in [2.45, 2.75) is 33.1 Å². The molecule has 1 heterocycles. The number of anilines is 1. The van der Waals surface area contributed by atoms with E-state index in [0.717, 1.165) is 23.4 Å². The topological polar surface area (TPSA) is 24.9 Å². The van der Waals surface area contributed by atoms with E-state index in [1.165, 1.54) is 24.6 Å². The molecule has 90 valence electrons. The van der Waals surface area contributed by atoms with Gasteiger partial charge in [0.05, 0.1) is 11.2 Å². The van der Waals surface area contributed by atoms with Crippen LogP contribution in [-0.2, 0) is 0 Å². The van der Waals surface area contributed by atoms with Crippen LogP contribution in [0.4, 0.5) is 5.69 Å². The van der Waals surface area contributed by atoms with Crippen molar-refractivity contribution < 1.29 is 0 Å². The normalized spacial score (nSPS) is 10.7. The fourth-order valence-corrected chi connectivity index (χ4v) is 1.99. The Morgan fingerprint density at radius 3 is 2.82 bits per heavy atom. The van der Waals surface area contributed by atoms with Crippen LogP contribution < -0.4 is 5.32 Å². The van der Waals surface area contributed by atoms with Crippen LogP contribution in [-0.4, -0.2) is 11.5 Å². The molecule has 2 aromatic rings. The second-order valence-corrected chi connectivity index (χ2v) is 4.46. The van der Waals surface area contributed by atoms with Crippen molar-refractivity contribution in [2.24, 2.45) is 0 Å². The Labute approximate surface area is 103 Å². The third-order valence-electron chi connectivity index (χ3n) is 2.96. The van der Waals surface area contributed by atoms with E-state index in [2.05, 4.69) is 47.6 Å². The molecular weight excluding hydrogens is 208 g/mol. The van der Waals surface area contributed by atoms with Crippen molar-refractivity contribution in [1.29, 1.82) is 0 Å². The Bertz CT molecular complexity index is 491. The van der Waals surface area contributed by atoms with E-state index in [9.17, 15) is 0 Å². The average molecular weight is 228 g/mol. The first kappa shape index (κ1) is 11.9. The molecule has 0 bridgehead atoms. The molecule has 0 unspecified atom stereocenters. The van der Waals surface area contributed by atoms with Crippen molar-refractivity contribution in [3.8, 4) is 0 Å². The first-order valence-corrected chi connectivity index (χ1v) is 6.41. The first-order chi connectivity index (χ1) is 8.31. The number of para-hydroxylation sites is 1. The Morgan fingerprint density at radius 1 is 1.12 bits per heavy atom. The van der Waals surface area contributed by atoms with Gasteiger partial charge in [0.1, 0.15) is 0 Å². The summed E-state index contributed by atoms with van der Waals surface area (Å²) < 4.78 is 0. The smallest absolute Gasteiger partial charge is 0.0936 e. The monoisotopic (exact) mass is 228 g/mol. The highest BCUT2D eigenvalue weighted by Crippen LogP contribution is 2.21. The number of aromatic nitrogens is 1. The Kier molecular flexibility index (Phi) is 3.97. The summed E-state index contributed by atoms with van der Waals surface area (Å²) >= 11 is 0. The SMILES string of the molecule is CCCCCNc1cccc2ccc(C)nc12. The zero-order valence-corrected chi connectivity index (χ0v) is 10.7. The summed E-state index contributed by atoms with van der Waals surface area (Å²) in [6.07, 6.45) is 3.76. The number of fused-ring (bicyclic) bond motifs is 1. The van der Waals surface area contributed by atoms with Gasteiger partial charge in [0.15, 0.2) is 0 Å². The largest absolute Gasteiger partial charge is 0.383 e. The predicted octanol–water partition coefficient (Wildman–Crippen LogP) is 4.15. The minimum atomic E-state index is 1.03. The molecule has 2 rings (SSSR count). The molecule has 2 nitrogen and oxygen atoms in total. The van der Waals surface area contributed by atoms with Gasteiger partial charge in [-0.3, -0.25) is 4.98 Å². The number of unbranched alkanes of at least 4 members (excludes halogenated alkanes) is 2. The van der Waals surface area contributed by atoms with Crippen LogP contribution in [0, 0.1) is 6.92 Å². The van der Waals surface area contributed by atoms with Gasteiger partial charge in [0.25, 0.3) is 0 Å². The van der Waals surface area contributed by atoms with Gasteiger partial charge in [-0.2, -0.15) is 0 Å². The molecular formula is C15H20N2. The number of benzene rings is 1. The van der Waals surface area contributed by atoms with E-state index in [-0.39, 0.29) is 0 Å². The van der Waals surface area contributed by atoms with E-state index in [1.807, 2.05) is 6.92 Å². The third-order valence-corrected chi connectivity index (χ3v) is 2.96. The predicted molar refractivity (Wildman–Crippen MR) is 74.5 cm³/mol. The molecule has 1 aromatic heterocycles. The second-order valence-electron chi connectivity index (χ2n) is 4.46. The molecule has 2 heteroatoms. The number of nitrogens with one attached hydrogen (secondary N) is 1.